The minimum Gasteiger partial charge on any atom is -0.508 e. The van der Waals surface area contributed by atoms with E-state index in [1.165, 1.54) is 37.5 Å². The molecule has 0 saturated carbocycles. The zero-order chi connectivity index (χ0) is 24.9. The highest BCUT2D eigenvalue weighted by atomic mass is 31.2. The number of carbonyl (C=O) groups is 1. The van der Waals surface area contributed by atoms with E-state index in [9.17, 15) is 14.5 Å². The van der Waals surface area contributed by atoms with Crippen LogP contribution in [0.2, 0.25) is 0 Å². The van der Waals surface area contributed by atoms with Gasteiger partial charge in [-0.05, 0) is 52.0 Å². The van der Waals surface area contributed by atoms with Crippen LogP contribution in [0.5, 0.6) is 11.5 Å². The van der Waals surface area contributed by atoms with E-state index in [-0.39, 0.29) is 29.8 Å². The van der Waals surface area contributed by atoms with Gasteiger partial charge in [-0.25, -0.2) is 20.0 Å². The van der Waals surface area contributed by atoms with Gasteiger partial charge in [0.15, 0.2) is 11.5 Å². The number of aromatic hydroxyl groups is 1. The molecule has 184 valence electrons. The predicted molar refractivity (Wildman–Crippen MR) is 125 cm³/mol. The number of hydrogen-bond acceptors (Lipinski definition) is 10. The first-order valence-electron chi connectivity index (χ1n) is 10.6. The van der Waals surface area contributed by atoms with Gasteiger partial charge in [-0.15, -0.1) is 0 Å². The lowest BCUT2D eigenvalue weighted by Gasteiger charge is -2.25. The largest absolute Gasteiger partial charge is 0.508 e. The molecule has 3 aromatic rings. The minimum atomic E-state index is -3.73. The van der Waals surface area contributed by atoms with Crippen LogP contribution in [-0.4, -0.2) is 55.2 Å². The fourth-order valence-electron chi connectivity index (χ4n) is 3.04. The van der Waals surface area contributed by atoms with Crippen LogP contribution < -0.4 is 15.3 Å². The lowest BCUT2D eigenvalue weighted by molar-refractivity contribution is -0.149. The Morgan fingerprint density at radius 1 is 1.18 bits per heavy atom. The number of nitrogen functional groups attached to an aromatic ring is 1. The quantitative estimate of drug-likeness (QED) is 0.266. The zero-order valence-corrected chi connectivity index (χ0v) is 20.3. The van der Waals surface area contributed by atoms with Crippen LogP contribution in [0.3, 0.4) is 0 Å². The topological polar surface area (TPSA) is 164 Å². The summed E-state index contributed by atoms with van der Waals surface area (Å²) in [4.78, 5) is 24.6. The average molecular weight is 492 g/mol. The number of fused-ring (bicyclic) bond motifs is 1. The number of phenolic OH excluding ortho intramolecular Hbond substituents is 1. The second-order valence-electron chi connectivity index (χ2n) is 8.03. The van der Waals surface area contributed by atoms with Crippen molar-refractivity contribution in [3.05, 3.63) is 36.9 Å². The van der Waals surface area contributed by atoms with Crippen LogP contribution in [0.1, 0.15) is 27.7 Å². The fraction of sp³-hybridized carbons (Fsp3) is 0.429. The molecule has 2 aromatic heterocycles. The van der Waals surface area contributed by atoms with E-state index in [2.05, 4.69) is 20.0 Å². The summed E-state index contributed by atoms with van der Waals surface area (Å²) in [7, 11) is -3.73. The molecule has 0 aliphatic heterocycles. The van der Waals surface area contributed by atoms with E-state index in [0.29, 0.717) is 17.7 Å². The Labute approximate surface area is 197 Å². The molecule has 0 radical (unpaired) electrons. The third kappa shape index (κ3) is 6.66. The van der Waals surface area contributed by atoms with Crippen molar-refractivity contribution in [1.29, 1.82) is 0 Å². The minimum absolute atomic E-state index is 0.0332. The van der Waals surface area contributed by atoms with Gasteiger partial charge in [0.05, 0.1) is 25.1 Å². The van der Waals surface area contributed by atoms with Gasteiger partial charge in [0.25, 0.3) is 0 Å². The van der Waals surface area contributed by atoms with Gasteiger partial charge in [0, 0.05) is 0 Å². The van der Waals surface area contributed by atoms with E-state index in [4.69, 9.17) is 19.7 Å². The van der Waals surface area contributed by atoms with Gasteiger partial charge in [-0.3, -0.25) is 9.36 Å². The van der Waals surface area contributed by atoms with Crippen LogP contribution in [0, 0.1) is 0 Å². The highest BCUT2D eigenvalue weighted by Crippen LogP contribution is 2.44. The smallest absolute Gasteiger partial charge is 0.342 e. The summed E-state index contributed by atoms with van der Waals surface area (Å²) < 4.78 is 32.1. The molecule has 0 aliphatic rings. The van der Waals surface area contributed by atoms with E-state index in [0.717, 1.165) is 0 Å². The standard InChI is InChI=1S/C21H29N6O6P/c1-13(2)32-21(29)15(4)26-34(30,33-17-7-5-16(28)6-8-17)12-31-14(3)9-27-11-25-18-19(22)23-10-24-20(18)27/h5-8,10-11,13-15,28H,9,12H2,1-4H3,(H,26,30)(H2,22,23,24)/t14-,15+,34+/m1/s1. The van der Waals surface area contributed by atoms with Crippen molar-refractivity contribution in [2.75, 3.05) is 12.1 Å². The summed E-state index contributed by atoms with van der Waals surface area (Å²) in [5.74, 6) is -0.0247. The Morgan fingerprint density at radius 2 is 1.88 bits per heavy atom. The number of rotatable bonds is 11. The number of carbonyl (C=O) groups excluding carboxylic acids is 1. The first kappa shape index (κ1) is 25.4. The maximum Gasteiger partial charge on any atom is 0.342 e. The fourth-order valence-corrected chi connectivity index (χ4v) is 4.83. The van der Waals surface area contributed by atoms with Crippen molar-refractivity contribution in [3.63, 3.8) is 0 Å². The summed E-state index contributed by atoms with van der Waals surface area (Å²) >= 11 is 0. The number of hydrogen-bond donors (Lipinski definition) is 3. The molecule has 3 atom stereocenters. The van der Waals surface area contributed by atoms with Gasteiger partial charge in [0.2, 0.25) is 0 Å². The molecule has 3 rings (SSSR count). The van der Waals surface area contributed by atoms with Crippen molar-refractivity contribution < 1.29 is 28.5 Å². The third-order valence-electron chi connectivity index (χ3n) is 4.60. The van der Waals surface area contributed by atoms with Crippen LogP contribution in [0.15, 0.2) is 36.9 Å². The molecule has 0 unspecified atom stereocenters. The molecule has 0 amide bonds. The van der Waals surface area contributed by atoms with Crippen LogP contribution in [-0.2, 0) is 25.4 Å². The van der Waals surface area contributed by atoms with Gasteiger partial charge >= 0.3 is 13.5 Å². The van der Waals surface area contributed by atoms with Crippen molar-refractivity contribution in [2.24, 2.45) is 0 Å². The molecule has 0 spiro atoms. The summed E-state index contributed by atoms with van der Waals surface area (Å²) in [5.41, 5.74) is 6.86. The zero-order valence-electron chi connectivity index (χ0n) is 19.4. The van der Waals surface area contributed by atoms with Crippen LogP contribution in [0.4, 0.5) is 5.82 Å². The molecule has 0 saturated heterocycles. The van der Waals surface area contributed by atoms with E-state index in [1.54, 1.807) is 31.7 Å². The van der Waals surface area contributed by atoms with E-state index < -0.39 is 25.6 Å². The Morgan fingerprint density at radius 3 is 2.56 bits per heavy atom. The van der Waals surface area contributed by atoms with E-state index >= 15 is 0 Å². The first-order chi connectivity index (χ1) is 16.1. The van der Waals surface area contributed by atoms with Crippen molar-refractivity contribution >= 4 is 30.5 Å². The Balaban J connectivity index is 1.71. The Bertz CT molecular complexity index is 1170. The SMILES string of the molecule is CC(C)OC(=O)[C@H](C)N[P@](=O)(CO[C@H](C)Cn1cnc2c(N)ncnc21)Oc1ccc(O)cc1. The summed E-state index contributed by atoms with van der Waals surface area (Å²) in [6.45, 7) is 7.11. The average Bonchev–Trinajstić information content (AvgIpc) is 3.17. The normalized spacial score (nSPS) is 15.1. The number of nitrogens with one attached hydrogen (secondary N) is 1. The number of aromatic nitrogens is 4. The number of anilines is 1. The van der Waals surface area contributed by atoms with Crippen LogP contribution in [0.25, 0.3) is 11.2 Å². The summed E-state index contributed by atoms with van der Waals surface area (Å²) in [6.07, 6.45) is 1.84. The Kier molecular flexibility index (Phi) is 8.08. The Hall–Kier alpha value is -3.21. The lowest BCUT2D eigenvalue weighted by Crippen LogP contribution is -2.37. The van der Waals surface area contributed by atoms with Gasteiger partial charge < -0.3 is 29.4 Å². The van der Waals surface area contributed by atoms with Crippen LogP contribution >= 0.6 is 7.52 Å². The molecule has 4 N–H and O–H groups in total. The molecular weight excluding hydrogens is 463 g/mol. The molecule has 0 fully saturated rings. The van der Waals surface area contributed by atoms with Gasteiger partial charge in [-0.1, -0.05) is 0 Å². The maximum absolute atomic E-state index is 13.6. The highest BCUT2D eigenvalue weighted by Gasteiger charge is 2.32. The van der Waals surface area contributed by atoms with Crippen molar-refractivity contribution in [1.82, 2.24) is 24.6 Å². The highest BCUT2D eigenvalue weighted by molar-refractivity contribution is 7.57. The predicted octanol–water partition coefficient (Wildman–Crippen LogP) is 2.68. The lowest BCUT2D eigenvalue weighted by atomic mass is 10.3. The number of ether oxygens (including phenoxy) is 2. The molecule has 0 aliphatic carbocycles. The third-order valence-corrected chi connectivity index (χ3v) is 6.37. The van der Waals surface area contributed by atoms with Gasteiger partial charge in [-0.2, -0.15) is 0 Å². The first-order valence-corrected chi connectivity index (χ1v) is 12.5. The number of nitrogens with zero attached hydrogens (tertiary/aromatic N) is 4. The number of phenols is 1. The molecule has 12 nitrogen and oxygen atoms in total. The van der Waals surface area contributed by atoms with Gasteiger partial charge in [0.1, 0.15) is 35.7 Å². The number of esters is 1. The molecule has 0 bridgehead atoms. The summed E-state index contributed by atoms with van der Waals surface area (Å²) in [6, 6.07) is 4.81. The molecule has 13 heteroatoms. The number of nitrogens with two attached hydrogens (primary N) is 1. The second-order valence-corrected chi connectivity index (χ2v) is 10.1. The second kappa shape index (κ2) is 10.8. The van der Waals surface area contributed by atoms with Crippen molar-refractivity contribution in [3.8, 4) is 11.5 Å². The summed E-state index contributed by atoms with van der Waals surface area (Å²) in [5, 5.41) is 12.2. The van der Waals surface area contributed by atoms with E-state index in [1.807, 2.05) is 0 Å². The maximum atomic E-state index is 13.6. The molecule has 2 heterocycles. The molecular formula is C21H29N6O6P. The molecule has 34 heavy (non-hydrogen) atoms. The van der Waals surface area contributed by atoms with Crippen molar-refractivity contribution in [2.45, 2.75) is 52.5 Å². The molecule has 1 aromatic carbocycles. The number of benzene rings is 1. The monoisotopic (exact) mass is 492 g/mol. The number of imidazole rings is 1.